The Morgan fingerprint density at radius 2 is 1.89 bits per heavy atom. The van der Waals surface area contributed by atoms with Crippen molar-refractivity contribution in [3.05, 3.63) is 54.1 Å². The van der Waals surface area contributed by atoms with Gasteiger partial charge in [-0.3, -0.25) is 9.59 Å². The lowest BCUT2D eigenvalue weighted by molar-refractivity contribution is -0.119. The number of nitrogens with zero attached hydrogens (tertiary/aromatic N) is 1. The molecule has 3 rings (SSSR count). The number of carbonyl (C=O) groups is 2. The summed E-state index contributed by atoms with van der Waals surface area (Å²) in [6.07, 6.45) is 1.65. The second kappa shape index (κ2) is 7.63. The van der Waals surface area contributed by atoms with Gasteiger partial charge in [0.05, 0.1) is 17.4 Å². The molecule has 3 N–H and O–H groups in total. The van der Waals surface area contributed by atoms with E-state index in [1.165, 1.54) is 12.1 Å². The first-order chi connectivity index (χ1) is 13.2. The SMILES string of the molecule is CC1CC(C(N)=O)c2ccccc2N1CC(=O)Nc1cccc(S(C)(=O)=O)c1. The molecule has 0 fully saturated rings. The Morgan fingerprint density at radius 3 is 2.57 bits per heavy atom. The van der Waals surface area contributed by atoms with Crippen molar-refractivity contribution < 1.29 is 18.0 Å². The summed E-state index contributed by atoms with van der Waals surface area (Å²) in [6, 6.07) is 13.5. The molecule has 2 aromatic carbocycles. The van der Waals surface area contributed by atoms with Crippen LogP contribution >= 0.6 is 0 Å². The monoisotopic (exact) mass is 401 g/mol. The highest BCUT2D eigenvalue weighted by Crippen LogP contribution is 2.38. The van der Waals surface area contributed by atoms with Crippen LogP contribution in [-0.4, -0.2) is 39.1 Å². The van der Waals surface area contributed by atoms with Gasteiger partial charge in [-0.2, -0.15) is 0 Å². The topological polar surface area (TPSA) is 110 Å². The normalized spacial score (nSPS) is 19.0. The maximum absolute atomic E-state index is 12.6. The van der Waals surface area contributed by atoms with Crippen LogP contribution in [0, 0.1) is 0 Å². The average molecular weight is 401 g/mol. The van der Waals surface area contributed by atoms with E-state index in [1.807, 2.05) is 36.1 Å². The van der Waals surface area contributed by atoms with Gasteiger partial charge < -0.3 is 16.0 Å². The fourth-order valence-electron chi connectivity index (χ4n) is 3.55. The van der Waals surface area contributed by atoms with Gasteiger partial charge in [-0.15, -0.1) is 0 Å². The molecule has 0 saturated heterocycles. The number of fused-ring (bicyclic) bond motifs is 1. The van der Waals surface area contributed by atoms with Crippen molar-refractivity contribution in [2.24, 2.45) is 5.73 Å². The molecular formula is C20H23N3O4S. The van der Waals surface area contributed by atoms with Gasteiger partial charge >= 0.3 is 0 Å². The van der Waals surface area contributed by atoms with Gasteiger partial charge in [-0.05, 0) is 43.2 Å². The molecule has 0 saturated carbocycles. The van der Waals surface area contributed by atoms with Crippen LogP contribution in [0.5, 0.6) is 0 Å². The van der Waals surface area contributed by atoms with Crippen LogP contribution in [-0.2, 0) is 19.4 Å². The molecule has 7 nitrogen and oxygen atoms in total. The third kappa shape index (κ3) is 4.17. The van der Waals surface area contributed by atoms with Gasteiger partial charge in [0.25, 0.3) is 0 Å². The molecule has 28 heavy (non-hydrogen) atoms. The number of rotatable bonds is 5. The van der Waals surface area contributed by atoms with Crippen LogP contribution in [0.3, 0.4) is 0 Å². The smallest absolute Gasteiger partial charge is 0.243 e. The first-order valence-corrected chi connectivity index (χ1v) is 10.8. The number of benzene rings is 2. The van der Waals surface area contributed by atoms with Crippen LogP contribution in [0.25, 0.3) is 0 Å². The van der Waals surface area contributed by atoms with Gasteiger partial charge in [0.1, 0.15) is 0 Å². The lowest BCUT2D eigenvalue weighted by Crippen LogP contribution is -2.45. The van der Waals surface area contributed by atoms with Crippen molar-refractivity contribution in [2.45, 2.75) is 30.2 Å². The Morgan fingerprint density at radius 1 is 1.18 bits per heavy atom. The Hall–Kier alpha value is -2.87. The summed E-state index contributed by atoms with van der Waals surface area (Å²) >= 11 is 0. The lowest BCUT2D eigenvalue weighted by Gasteiger charge is -2.39. The molecule has 1 aliphatic heterocycles. The van der Waals surface area contributed by atoms with E-state index in [0.717, 1.165) is 17.5 Å². The number of primary amides is 1. The minimum absolute atomic E-state index is 0.0551. The van der Waals surface area contributed by atoms with Crippen LogP contribution in [0.1, 0.15) is 24.8 Å². The van der Waals surface area contributed by atoms with Crippen LogP contribution in [0.4, 0.5) is 11.4 Å². The maximum Gasteiger partial charge on any atom is 0.243 e. The third-order valence-corrected chi connectivity index (χ3v) is 6.04. The van der Waals surface area contributed by atoms with E-state index in [9.17, 15) is 18.0 Å². The van der Waals surface area contributed by atoms with Crippen LogP contribution in [0.2, 0.25) is 0 Å². The lowest BCUT2D eigenvalue weighted by atomic mass is 9.85. The number of hydrogen-bond donors (Lipinski definition) is 2. The zero-order chi connectivity index (χ0) is 20.5. The van der Waals surface area contributed by atoms with Crippen molar-refractivity contribution in [2.75, 3.05) is 23.0 Å². The van der Waals surface area contributed by atoms with Crippen molar-refractivity contribution in [1.29, 1.82) is 0 Å². The van der Waals surface area contributed by atoms with E-state index in [0.29, 0.717) is 12.1 Å². The summed E-state index contributed by atoms with van der Waals surface area (Å²) in [6.45, 7) is 2.02. The van der Waals surface area contributed by atoms with Crippen molar-refractivity contribution in [3.8, 4) is 0 Å². The summed E-state index contributed by atoms with van der Waals surface area (Å²) in [5.41, 5.74) is 7.60. The molecule has 2 unspecified atom stereocenters. The number of amides is 2. The van der Waals surface area contributed by atoms with E-state index in [4.69, 9.17) is 5.73 Å². The molecular weight excluding hydrogens is 378 g/mol. The summed E-state index contributed by atoms with van der Waals surface area (Å²) in [5, 5.41) is 2.75. The fourth-order valence-corrected chi connectivity index (χ4v) is 4.21. The number of nitrogens with one attached hydrogen (secondary N) is 1. The molecule has 2 atom stereocenters. The summed E-state index contributed by atoms with van der Waals surface area (Å²) in [4.78, 5) is 26.5. The van der Waals surface area contributed by atoms with Crippen molar-refractivity contribution in [3.63, 3.8) is 0 Å². The minimum Gasteiger partial charge on any atom is -0.369 e. The molecule has 8 heteroatoms. The first kappa shape index (κ1) is 19.9. The van der Waals surface area contributed by atoms with E-state index in [-0.39, 0.29) is 35.2 Å². The van der Waals surface area contributed by atoms with Gasteiger partial charge in [0.2, 0.25) is 11.8 Å². The largest absolute Gasteiger partial charge is 0.369 e. The number of hydrogen-bond acceptors (Lipinski definition) is 5. The number of para-hydroxylation sites is 1. The Balaban J connectivity index is 1.80. The highest BCUT2D eigenvalue weighted by molar-refractivity contribution is 7.90. The quantitative estimate of drug-likeness (QED) is 0.795. The van der Waals surface area contributed by atoms with Crippen molar-refractivity contribution in [1.82, 2.24) is 0 Å². The van der Waals surface area contributed by atoms with Crippen LogP contribution < -0.4 is 16.0 Å². The van der Waals surface area contributed by atoms with Crippen molar-refractivity contribution >= 4 is 33.0 Å². The molecule has 0 bridgehead atoms. The molecule has 0 spiro atoms. The summed E-state index contributed by atoms with van der Waals surface area (Å²) in [5.74, 6) is -1.03. The average Bonchev–Trinajstić information content (AvgIpc) is 2.63. The van der Waals surface area contributed by atoms with Gasteiger partial charge in [0.15, 0.2) is 9.84 Å². The zero-order valence-corrected chi connectivity index (χ0v) is 16.6. The molecule has 2 amide bonds. The second-order valence-electron chi connectivity index (χ2n) is 7.07. The molecule has 2 aromatic rings. The minimum atomic E-state index is -3.36. The summed E-state index contributed by atoms with van der Waals surface area (Å²) in [7, 11) is -3.36. The number of sulfone groups is 1. The van der Waals surface area contributed by atoms with Gasteiger partial charge in [0, 0.05) is 23.7 Å². The Kier molecular flexibility index (Phi) is 5.42. The van der Waals surface area contributed by atoms with E-state index in [1.54, 1.807) is 12.1 Å². The molecule has 0 radical (unpaired) electrons. The summed E-state index contributed by atoms with van der Waals surface area (Å²) < 4.78 is 23.4. The maximum atomic E-state index is 12.6. The molecule has 0 aromatic heterocycles. The van der Waals surface area contributed by atoms with Gasteiger partial charge in [-0.25, -0.2) is 8.42 Å². The number of nitrogens with two attached hydrogens (primary N) is 1. The molecule has 1 aliphatic rings. The van der Waals surface area contributed by atoms with Crippen LogP contribution in [0.15, 0.2) is 53.4 Å². The Bertz CT molecular complexity index is 1020. The number of anilines is 2. The fraction of sp³-hybridized carbons (Fsp3) is 0.300. The van der Waals surface area contributed by atoms with E-state index in [2.05, 4.69) is 5.32 Å². The predicted octanol–water partition coefficient (Wildman–Crippen LogP) is 1.90. The highest BCUT2D eigenvalue weighted by atomic mass is 32.2. The highest BCUT2D eigenvalue weighted by Gasteiger charge is 2.33. The van der Waals surface area contributed by atoms with Gasteiger partial charge in [-0.1, -0.05) is 24.3 Å². The zero-order valence-electron chi connectivity index (χ0n) is 15.8. The molecule has 0 aliphatic carbocycles. The third-order valence-electron chi connectivity index (χ3n) is 4.93. The Labute approximate surface area is 164 Å². The number of carbonyl (C=O) groups excluding carboxylic acids is 2. The first-order valence-electron chi connectivity index (χ1n) is 8.91. The molecule has 148 valence electrons. The van der Waals surface area contributed by atoms with E-state index >= 15 is 0 Å². The second-order valence-corrected chi connectivity index (χ2v) is 9.09. The molecule has 1 heterocycles. The van der Waals surface area contributed by atoms with E-state index < -0.39 is 9.84 Å². The predicted molar refractivity (Wildman–Crippen MR) is 108 cm³/mol. The standard InChI is InChI=1S/C20H23N3O4S/c1-13-10-17(20(21)25)16-8-3-4-9-18(16)23(13)12-19(24)22-14-6-5-7-15(11-14)28(2,26)27/h3-9,11,13,17H,10,12H2,1-2H3,(H2,21,25)(H,22,24).